The number of aromatic hydroxyl groups is 1. The van der Waals surface area contributed by atoms with Crippen molar-refractivity contribution in [3.63, 3.8) is 0 Å². The van der Waals surface area contributed by atoms with E-state index in [1.807, 2.05) is 13.8 Å². The zero-order chi connectivity index (χ0) is 26.2. The van der Waals surface area contributed by atoms with Crippen LogP contribution in [0.5, 0.6) is 11.5 Å². The van der Waals surface area contributed by atoms with Gasteiger partial charge in [-0.05, 0) is 59.8 Å². The molecular formula is C27H48O5S. The molecule has 192 valence electrons. The summed E-state index contributed by atoms with van der Waals surface area (Å²) in [6, 6.07) is 0. The fourth-order valence-corrected chi connectivity index (χ4v) is 7.58. The van der Waals surface area contributed by atoms with Crippen LogP contribution in [0.3, 0.4) is 0 Å². The lowest BCUT2D eigenvalue weighted by molar-refractivity contribution is 0.0751. The van der Waals surface area contributed by atoms with Crippen LogP contribution in [0.4, 0.5) is 0 Å². The van der Waals surface area contributed by atoms with Crippen molar-refractivity contribution in [2.24, 2.45) is 22.2 Å². The van der Waals surface area contributed by atoms with Gasteiger partial charge in [-0.1, -0.05) is 75.7 Å². The molecule has 0 aromatic heterocycles. The first-order valence-corrected chi connectivity index (χ1v) is 13.5. The van der Waals surface area contributed by atoms with E-state index in [1.165, 1.54) is 7.11 Å². The zero-order valence-electron chi connectivity index (χ0n) is 23.0. The van der Waals surface area contributed by atoms with Gasteiger partial charge in [-0.25, -0.2) is 0 Å². The highest BCUT2D eigenvalue weighted by Gasteiger charge is 2.48. The lowest BCUT2D eigenvalue weighted by atomic mass is 9.56. The summed E-state index contributed by atoms with van der Waals surface area (Å²) < 4.78 is 41.9. The minimum absolute atomic E-state index is 0.0230. The first-order chi connectivity index (χ1) is 14.7. The topological polar surface area (TPSA) is 83.8 Å². The van der Waals surface area contributed by atoms with Gasteiger partial charge in [0.2, 0.25) is 0 Å². The van der Waals surface area contributed by atoms with Crippen LogP contribution in [-0.2, 0) is 16.5 Å². The first kappa shape index (κ1) is 29.8. The Bertz CT molecular complexity index is 934. The third-order valence-electron chi connectivity index (χ3n) is 6.52. The number of hydrogen-bond donors (Lipinski definition) is 2. The smallest absolute Gasteiger partial charge is 0.298 e. The molecule has 0 radical (unpaired) electrons. The van der Waals surface area contributed by atoms with Crippen molar-refractivity contribution >= 4 is 10.1 Å². The van der Waals surface area contributed by atoms with E-state index in [4.69, 9.17) is 4.74 Å². The van der Waals surface area contributed by atoms with Crippen LogP contribution in [0.1, 0.15) is 111 Å². The van der Waals surface area contributed by atoms with Crippen LogP contribution < -0.4 is 4.74 Å². The fourth-order valence-electron chi connectivity index (χ4n) is 6.65. The second-order valence-electron chi connectivity index (χ2n) is 12.7. The summed E-state index contributed by atoms with van der Waals surface area (Å²) in [6.45, 7) is 23.1. The Balaban J connectivity index is 4.28. The van der Waals surface area contributed by atoms with E-state index in [0.717, 1.165) is 19.3 Å². The normalized spacial score (nSPS) is 14.6. The molecule has 1 atom stereocenters. The van der Waals surface area contributed by atoms with Gasteiger partial charge in [0, 0.05) is 11.1 Å². The molecule has 0 saturated carbocycles. The minimum Gasteiger partial charge on any atom is -0.507 e. The quantitative estimate of drug-likeness (QED) is 0.335. The first-order valence-electron chi connectivity index (χ1n) is 12.1. The molecule has 2 N–H and O–H groups in total. The third-order valence-corrected chi connectivity index (χ3v) is 7.44. The molecular weight excluding hydrogens is 436 g/mol. The summed E-state index contributed by atoms with van der Waals surface area (Å²) in [4.78, 5) is -0.277. The van der Waals surface area contributed by atoms with E-state index in [-0.39, 0.29) is 38.7 Å². The van der Waals surface area contributed by atoms with E-state index in [9.17, 15) is 18.1 Å². The highest BCUT2D eigenvalue weighted by molar-refractivity contribution is 7.86. The van der Waals surface area contributed by atoms with Crippen molar-refractivity contribution in [1.29, 1.82) is 0 Å². The van der Waals surface area contributed by atoms with E-state index < -0.39 is 15.5 Å². The van der Waals surface area contributed by atoms with E-state index in [1.54, 1.807) is 0 Å². The predicted octanol–water partition coefficient (Wildman–Crippen LogP) is 7.53. The number of benzene rings is 1. The predicted molar refractivity (Wildman–Crippen MR) is 137 cm³/mol. The number of phenolic OH excluding ortho intramolecular Hbond substituents is 1. The Labute approximate surface area is 203 Å². The van der Waals surface area contributed by atoms with Crippen molar-refractivity contribution in [1.82, 2.24) is 0 Å². The molecule has 33 heavy (non-hydrogen) atoms. The maximum absolute atomic E-state index is 12.9. The highest BCUT2D eigenvalue weighted by atomic mass is 32.2. The van der Waals surface area contributed by atoms with Gasteiger partial charge in [0.05, 0.1) is 7.11 Å². The third kappa shape index (κ3) is 6.88. The van der Waals surface area contributed by atoms with Crippen LogP contribution in [0.2, 0.25) is 0 Å². The van der Waals surface area contributed by atoms with Crippen LogP contribution >= 0.6 is 0 Å². The fraction of sp³-hybridized carbons (Fsp3) is 0.778. The summed E-state index contributed by atoms with van der Waals surface area (Å²) in [7, 11) is -3.25. The molecule has 0 amide bonds. The largest absolute Gasteiger partial charge is 0.507 e. The Morgan fingerprint density at radius 2 is 1.52 bits per heavy atom. The van der Waals surface area contributed by atoms with E-state index in [0.29, 0.717) is 23.5 Å². The summed E-state index contributed by atoms with van der Waals surface area (Å²) in [5.41, 5.74) is 0.744. The van der Waals surface area contributed by atoms with Gasteiger partial charge < -0.3 is 9.84 Å². The SMILES string of the molecule is CCCc1c(C)c(O)c(C(C(C)(C)CC(C)C)C(C)(C)CC(C)(C)C)c(S(=O)(=O)O)c1OC. The van der Waals surface area contributed by atoms with Gasteiger partial charge in [0.25, 0.3) is 10.1 Å². The lowest BCUT2D eigenvalue weighted by Crippen LogP contribution is -2.38. The number of phenols is 1. The molecule has 0 aliphatic heterocycles. The van der Waals surface area contributed by atoms with Gasteiger partial charge in [0.1, 0.15) is 16.4 Å². The van der Waals surface area contributed by atoms with Crippen LogP contribution in [-0.4, -0.2) is 25.2 Å². The minimum atomic E-state index is -4.68. The van der Waals surface area contributed by atoms with Crippen molar-refractivity contribution < 1.29 is 22.8 Å². The Kier molecular flexibility index (Phi) is 9.15. The molecule has 0 bridgehead atoms. The van der Waals surface area contributed by atoms with Crippen LogP contribution in [0, 0.1) is 29.1 Å². The molecule has 1 unspecified atom stereocenters. The monoisotopic (exact) mass is 484 g/mol. The molecule has 1 rings (SSSR count). The Morgan fingerprint density at radius 3 is 1.88 bits per heavy atom. The highest BCUT2D eigenvalue weighted by Crippen LogP contribution is 2.59. The summed E-state index contributed by atoms with van der Waals surface area (Å²) >= 11 is 0. The standard InChI is InChI=1S/C27H48O5S/c1-13-14-19-18(4)21(28)20(23(22(19)32-12)33(29,30)31)24(26(8,9)15-17(2)3)27(10,11)16-25(5,6)7/h17,24,28H,13-16H2,1-12H3,(H,29,30,31). The van der Waals surface area contributed by atoms with Crippen molar-refractivity contribution in [3.05, 3.63) is 16.7 Å². The maximum atomic E-state index is 12.9. The molecule has 1 aromatic carbocycles. The Morgan fingerprint density at radius 1 is 1.00 bits per heavy atom. The summed E-state index contributed by atoms with van der Waals surface area (Å²) in [6.07, 6.45) is 2.91. The number of methoxy groups -OCH3 is 1. The second-order valence-corrected chi connectivity index (χ2v) is 14.1. The molecule has 0 aliphatic carbocycles. The summed E-state index contributed by atoms with van der Waals surface area (Å²) in [5.74, 6) is 0.121. The van der Waals surface area contributed by atoms with Gasteiger partial charge >= 0.3 is 0 Å². The number of hydrogen-bond acceptors (Lipinski definition) is 4. The zero-order valence-corrected chi connectivity index (χ0v) is 23.8. The van der Waals surface area contributed by atoms with Crippen molar-refractivity contribution in [2.45, 2.75) is 113 Å². The molecule has 1 aromatic rings. The van der Waals surface area contributed by atoms with Crippen LogP contribution in [0.25, 0.3) is 0 Å². The average molecular weight is 485 g/mol. The molecule has 0 aliphatic rings. The van der Waals surface area contributed by atoms with Gasteiger partial charge in [0.15, 0.2) is 0 Å². The second kappa shape index (κ2) is 10.2. The van der Waals surface area contributed by atoms with Crippen molar-refractivity contribution in [2.75, 3.05) is 7.11 Å². The molecule has 5 nitrogen and oxygen atoms in total. The lowest BCUT2D eigenvalue weighted by Gasteiger charge is -2.49. The average Bonchev–Trinajstić information content (AvgIpc) is 2.56. The van der Waals surface area contributed by atoms with Gasteiger partial charge in [-0.3, -0.25) is 4.55 Å². The van der Waals surface area contributed by atoms with Crippen molar-refractivity contribution in [3.8, 4) is 11.5 Å². The van der Waals surface area contributed by atoms with Gasteiger partial charge in [-0.2, -0.15) is 8.42 Å². The molecule has 0 spiro atoms. The van der Waals surface area contributed by atoms with Crippen LogP contribution in [0.15, 0.2) is 4.90 Å². The Hall–Kier alpha value is -1.27. The molecule has 6 heteroatoms. The van der Waals surface area contributed by atoms with E-state index in [2.05, 4.69) is 62.3 Å². The van der Waals surface area contributed by atoms with Gasteiger partial charge in [-0.15, -0.1) is 0 Å². The molecule has 0 saturated heterocycles. The van der Waals surface area contributed by atoms with E-state index >= 15 is 0 Å². The summed E-state index contributed by atoms with van der Waals surface area (Å²) in [5, 5.41) is 11.6. The number of ether oxygens (including phenoxy) is 1. The molecule has 0 fully saturated rings. The number of rotatable bonds is 10. The maximum Gasteiger partial charge on any atom is 0.298 e. The molecule has 0 heterocycles.